The van der Waals surface area contributed by atoms with E-state index in [1.165, 1.54) is 10.8 Å². The van der Waals surface area contributed by atoms with Gasteiger partial charge in [-0.25, -0.2) is 4.39 Å². The van der Waals surface area contributed by atoms with Gasteiger partial charge in [0, 0.05) is 56.8 Å². The number of anilines is 6. The lowest BCUT2D eigenvalue weighted by atomic mass is 9.93. The zero-order valence-corrected chi connectivity index (χ0v) is 36.3. The minimum atomic E-state index is -0.336. The number of ether oxygens (including phenoxy) is 2. The Hall–Kier alpha value is -8.93. The number of nitrogens with zero attached hydrogens (tertiary/aromatic N) is 2. The molecule has 4 nitrogen and oxygen atoms in total. The standard InChI is InChI=1S/C62H41FN2O2/c63-57-39-46(42-17-5-1-6-18-42)38-56(44-20-7-2-8-21-44)62(57)65(48-25-11-4-12-26-48)51-33-34-53-54-35-36-58(55-29-16-30-59(61(54)55)67-60(53)41-51)66-52-28-15-27-49(40-52)64(47-23-9-3-10-24-47)50-32-31-43-19-13-14-22-45(43)37-50/h1-41H. The number of rotatable bonds is 10. The van der Waals surface area contributed by atoms with Crippen molar-refractivity contribution in [1.29, 1.82) is 0 Å². The van der Waals surface area contributed by atoms with E-state index in [4.69, 9.17) is 9.47 Å². The first-order chi connectivity index (χ1) is 33.1. The molecule has 67 heavy (non-hydrogen) atoms. The summed E-state index contributed by atoms with van der Waals surface area (Å²) in [5.74, 6) is 2.49. The van der Waals surface area contributed by atoms with Gasteiger partial charge in [0.05, 0.1) is 11.4 Å². The third-order valence-corrected chi connectivity index (χ3v) is 12.5. The third-order valence-electron chi connectivity index (χ3n) is 12.5. The molecule has 0 bridgehead atoms. The van der Waals surface area contributed by atoms with Gasteiger partial charge in [-0.2, -0.15) is 0 Å². The smallest absolute Gasteiger partial charge is 0.148 e. The maximum atomic E-state index is 17.2. The number of halogens is 1. The Kier molecular flexibility index (Phi) is 9.99. The zero-order valence-electron chi connectivity index (χ0n) is 36.3. The molecule has 0 saturated carbocycles. The highest BCUT2D eigenvalue weighted by molar-refractivity contribution is 6.07. The topological polar surface area (TPSA) is 24.9 Å². The number of para-hydroxylation sites is 2. The molecule has 11 aromatic rings. The first-order valence-corrected chi connectivity index (χ1v) is 22.4. The molecule has 318 valence electrons. The van der Waals surface area contributed by atoms with Crippen LogP contribution in [0.5, 0.6) is 23.0 Å². The lowest BCUT2D eigenvalue weighted by Gasteiger charge is -2.30. The van der Waals surface area contributed by atoms with Crippen LogP contribution >= 0.6 is 0 Å². The van der Waals surface area contributed by atoms with Crippen molar-refractivity contribution in [3.8, 4) is 56.4 Å². The van der Waals surface area contributed by atoms with Gasteiger partial charge in [-0.3, -0.25) is 0 Å². The predicted octanol–water partition coefficient (Wildman–Crippen LogP) is 18.0. The fourth-order valence-electron chi connectivity index (χ4n) is 9.42. The van der Waals surface area contributed by atoms with Crippen LogP contribution in [0.2, 0.25) is 0 Å². The molecule has 1 aliphatic rings. The summed E-state index contributed by atoms with van der Waals surface area (Å²) >= 11 is 0. The van der Waals surface area contributed by atoms with Crippen LogP contribution in [0, 0.1) is 5.82 Å². The normalized spacial score (nSPS) is 11.5. The quantitative estimate of drug-likeness (QED) is 0.137. The van der Waals surface area contributed by atoms with E-state index in [1.807, 2.05) is 138 Å². The molecular weight excluding hydrogens is 824 g/mol. The summed E-state index contributed by atoms with van der Waals surface area (Å²) in [6.07, 6.45) is 0. The van der Waals surface area contributed by atoms with Gasteiger partial charge in [-0.1, -0.05) is 146 Å². The maximum Gasteiger partial charge on any atom is 0.148 e. The molecular formula is C62H41FN2O2. The first kappa shape index (κ1) is 39.6. The van der Waals surface area contributed by atoms with E-state index in [2.05, 4.69) is 114 Å². The molecule has 0 N–H and O–H groups in total. The fourth-order valence-corrected chi connectivity index (χ4v) is 9.42. The van der Waals surface area contributed by atoms with E-state index < -0.39 is 0 Å². The number of fused-ring (bicyclic) bond motifs is 3. The second-order valence-electron chi connectivity index (χ2n) is 16.6. The highest BCUT2D eigenvalue weighted by atomic mass is 19.1. The van der Waals surface area contributed by atoms with Crippen molar-refractivity contribution in [1.82, 2.24) is 0 Å². The summed E-state index contributed by atoms with van der Waals surface area (Å²) in [6, 6.07) is 83.7. The molecule has 0 aliphatic carbocycles. The van der Waals surface area contributed by atoms with Crippen molar-refractivity contribution < 1.29 is 13.9 Å². The summed E-state index contributed by atoms with van der Waals surface area (Å²) in [5, 5.41) is 4.26. The zero-order chi connectivity index (χ0) is 44.7. The summed E-state index contributed by atoms with van der Waals surface area (Å²) < 4.78 is 30.8. The van der Waals surface area contributed by atoms with Gasteiger partial charge in [0.2, 0.25) is 0 Å². The minimum absolute atomic E-state index is 0.336. The Morgan fingerprint density at radius 3 is 1.72 bits per heavy atom. The summed E-state index contributed by atoms with van der Waals surface area (Å²) in [4.78, 5) is 4.25. The van der Waals surface area contributed by atoms with Crippen LogP contribution in [0.3, 0.4) is 0 Å². The second-order valence-corrected chi connectivity index (χ2v) is 16.6. The molecule has 0 fully saturated rings. The summed E-state index contributed by atoms with van der Waals surface area (Å²) in [6.45, 7) is 0. The van der Waals surface area contributed by atoms with Crippen molar-refractivity contribution >= 4 is 55.7 Å². The number of hydrogen-bond acceptors (Lipinski definition) is 4. The van der Waals surface area contributed by atoms with E-state index in [0.717, 1.165) is 84.1 Å². The van der Waals surface area contributed by atoms with Crippen molar-refractivity contribution in [3.05, 3.63) is 255 Å². The molecule has 5 heteroatoms. The molecule has 11 aromatic carbocycles. The molecule has 1 aliphatic heterocycles. The van der Waals surface area contributed by atoms with E-state index in [0.29, 0.717) is 17.2 Å². The van der Waals surface area contributed by atoms with Gasteiger partial charge in [0.25, 0.3) is 0 Å². The summed E-state index contributed by atoms with van der Waals surface area (Å²) in [7, 11) is 0. The molecule has 12 rings (SSSR count). The SMILES string of the molecule is Fc1cc(-c2ccccc2)cc(-c2ccccc2)c1N(c1ccccc1)c1ccc2c(c1)Oc1cccc3c(Oc4cccc(N(c5ccccc5)c5ccc6ccccc6c5)c4)ccc-2c13. The predicted molar refractivity (Wildman–Crippen MR) is 274 cm³/mol. The van der Waals surface area contributed by atoms with Gasteiger partial charge in [0.15, 0.2) is 0 Å². The number of benzene rings is 11. The molecule has 0 saturated heterocycles. The van der Waals surface area contributed by atoms with Gasteiger partial charge in [-0.15, -0.1) is 0 Å². The van der Waals surface area contributed by atoms with E-state index in [1.54, 1.807) is 6.07 Å². The van der Waals surface area contributed by atoms with Gasteiger partial charge in [0.1, 0.15) is 28.8 Å². The van der Waals surface area contributed by atoms with E-state index >= 15 is 4.39 Å². The van der Waals surface area contributed by atoms with Gasteiger partial charge < -0.3 is 19.3 Å². The van der Waals surface area contributed by atoms with Crippen molar-refractivity contribution in [3.63, 3.8) is 0 Å². The molecule has 0 aromatic heterocycles. The Balaban J connectivity index is 0.925. The largest absolute Gasteiger partial charge is 0.457 e. The second kappa shape index (κ2) is 16.9. The lowest BCUT2D eigenvalue weighted by molar-refractivity contribution is 0.481. The van der Waals surface area contributed by atoms with Crippen LogP contribution in [-0.2, 0) is 0 Å². The van der Waals surface area contributed by atoms with Crippen LogP contribution in [-0.4, -0.2) is 0 Å². The Bertz CT molecular complexity index is 3600. The molecule has 0 amide bonds. The average Bonchev–Trinajstić information content (AvgIpc) is 3.39. The monoisotopic (exact) mass is 864 g/mol. The highest BCUT2D eigenvalue weighted by Crippen LogP contribution is 2.52. The maximum absolute atomic E-state index is 17.2. The van der Waals surface area contributed by atoms with Crippen molar-refractivity contribution in [2.45, 2.75) is 0 Å². The summed E-state index contributed by atoms with van der Waals surface area (Å²) in [5.41, 5.74) is 10.5. The Morgan fingerprint density at radius 2 is 0.955 bits per heavy atom. The average molecular weight is 865 g/mol. The Labute approximate surface area is 388 Å². The van der Waals surface area contributed by atoms with Gasteiger partial charge in [-0.05, 0) is 124 Å². The Morgan fingerprint density at radius 1 is 0.358 bits per heavy atom. The fraction of sp³-hybridized carbons (Fsp3) is 0. The first-order valence-electron chi connectivity index (χ1n) is 22.4. The third kappa shape index (κ3) is 7.39. The van der Waals surface area contributed by atoms with Crippen LogP contribution in [0.4, 0.5) is 38.5 Å². The van der Waals surface area contributed by atoms with E-state index in [-0.39, 0.29) is 5.82 Å². The van der Waals surface area contributed by atoms with Crippen LogP contribution in [0.25, 0.3) is 54.9 Å². The molecule has 0 spiro atoms. The van der Waals surface area contributed by atoms with Crippen LogP contribution < -0.4 is 19.3 Å². The molecule has 0 atom stereocenters. The minimum Gasteiger partial charge on any atom is -0.457 e. The molecule has 0 unspecified atom stereocenters. The molecule has 0 radical (unpaired) electrons. The van der Waals surface area contributed by atoms with Crippen molar-refractivity contribution in [2.24, 2.45) is 0 Å². The molecule has 1 heterocycles. The van der Waals surface area contributed by atoms with Crippen LogP contribution in [0.15, 0.2) is 249 Å². The van der Waals surface area contributed by atoms with Crippen LogP contribution in [0.1, 0.15) is 0 Å². The number of hydrogen-bond donors (Lipinski definition) is 0. The highest BCUT2D eigenvalue weighted by Gasteiger charge is 2.27. The van der Waals surface area contributed by atoms with Gasteiger partial charge >= 0.3 is 0 Å². The lowest BCUT2D eigenvalue weighted by Crippen LogP contribution is -2.14. The van der Waals surface area contributed by atoms with Crippen molar-refractivity contribution in [2.75, 3.05) is 9.80 Å². The van der Waals surface area contributed by atoms with E-state index in [9.17, 15) is 0 Å².